The molecular formula is C23H27N5O4S. The Labute approximate surface area is 192 Å². The number of nitrogens with one attached hydrogen (secondary N) is 2. The summed E-state index contributed by atoms with van der Waals surface area (Å²) in [6.45, 7) is 1.36. The van der Waals surface area contributed by atoms with E-state index in [0.29, 0.717) is 43.7 Å². The van der Waals surface area contributed by atoms with Gasteiger partial charge < -0.3 is 19.6 Å². The van der Waals surface area contributed by atoms with Crippen molar-refractivity contribution in [2.24, 2.45) is 5.92 Å². The first-order valence-corrected chi connectivity index (χ1v) is 12.4. The van der Waals surface area contributed by atoms with E-state index in [9.17, 15) is 23.6 Å². The molecule has 0 radical (unpaired) electrons. The largest absolute Gasteiger partial charge is 0.396 e. The number of H-pyrrole nitrogens is 1. The lowest BCUT2D eigenvalue weighted by atomic mass is 9.97. The molecule has 1 saturated heterocycles. The summed E-state index contributed by atoms with van der Waals surface area (Å²) in [5.41, 5.74) is 1.14. The highest BCUT2D eigenvalue weighted by atomic mass is 32.2. The third-order valence-corrected chi connectivity index (χ3v) is 7.69. The number of aromatic nitrogens is 2. The van der Waals surface area contributed by atoms with Crippen molar-refractivity contribution in [1.82, 2.24) is 19.2 Å². The van der Waals surface area contributed by atoms with Crippen LogP contribution in [0.1, 0.15) is 25.0 Å². The minimum atomic E-state index is -3.97. The molecule has 1 unspecified atom stereocenters. The van der Waals surface area contributed by atoms with E-state index in [1.807, 2.05) is 6.07 Å². The van der Waals surface area contributed by atoms with E-state index < -0.39 is 16.1 Å². The molecule has 9 nitrogen and oxygen atoms in total. The Kier molecular flexibility index (Phi) is 6.83. The number of carbonyl (C=O) groups is 1. The molecule has 1 amide bonds. The van der Waals surface area contributed by atoms with Gasteiger partial charge in [-0.3, -0.25) is 4.79 Å². The van der Waals surface area contributed by atoms with Gasteiger partial charge in [0, 0.05) is 44.2 Å². The Morgan fingerprint density at radius 1 is 1.27 bits per heavy atom. The summed E-state index contributed by atoms with van der Waals surface area (Å²) in [5, 5.41) is 19.5. The number of hydrogen-bond acceptors (Lipinski definition) is 5. The molecule has 2 aromatic heterocycles. The molecule has 3 aromatic rings. The number of piperidine rings is 1. The second-order valence-corrected chi connectivity index (χ2v) is 10.1. The highest BCUT2D eigenvalue weighted by Gasteiger charge is 2.31. The predicted octanol–water partition coefficient (Wildman–Crippen LogP) is 1.81. The molecule has 1 fully saturated rings. The van der Waals surface area contributed by atoms with Gasteiger partial charge in [-0.25, -0.2) is 8.42 Å². The quantitative estimate of drug-likeness (QED) is 0.463. The van der Waals surface area contributed by atoms with Crippen molar-refractivity contribution in [2.45, 2.75) is 36.7 Å². The monoisotopic (exact) mass is 469 g/mol. The van der Waals surface area contributed by atoms with Crippen molar-refractivity contribution < 1.29 is 18.3 Å². The first-order chi connectivity index (χ1) is 15.9. The molecule has 0 spiro atoms. The lowest BCUT2D eigenvalue weighted by Crippen LogP contribution is -2.51. The fraction of sp³-hybridized carbons (Fsp3) is 0.391. The summed E-state index contributed by atoms with van der Waals surface area (Å²) in [5.74, 6) is -0.128. The van der Waals surface area contributed by atoms with Crippen molar-refractivity contribution in [2.75, 3.05) is 19.7 Å². The summed E-state index contributed by atoms with van der Waals surface area (Å²) in [6.07, 6.45) is 5.04. The predicted molar refractivity (Wildman–Crippen MR) is 123 cm³/mol. The fourth-order valence-electron chi connectivity index (χ4n) is 4.22. The maximum absolute atomic E-state index is 13.3. The normalized spacial score (nSPS) is 16.1. The first kappa shape index (κ1) is 23.0. The number of likely N-dealkylation sites (tertiary alicyclic amines) is 1. The van der Waals surface area contributed by atoms with Crippen molar-refractivity contribution in [3.63, 3.8) is 0 Å². The number of aliphatic hydroxyl groups is 1. The zero-order valence-electron chi connectivity index (χ0n) is 18.1. The Morgan fingerprint density at radius 3 is 2.79 bits per heavy atom. The molecule has 4 rings (SSSR count). The van der Waals surface area contributed by atoms with Crippen LogP contribution in [0.25, 0.3) is 10.9 Å². The van der Waals surface area contributed by atoms with Crippen molar-refractivity contribution in [1.29, 1.82) is 5.26 Å². The molecule has 0 bridgehead atoms. The van der Waals surface area contributed by atoms with E-state index in [4.69, 9.17) is 0 Å². The van der Waals surface area contributed by atoms with Gasteiger partial charge in [-0.2, -0.15) is 9.98 Å². The van der Waals surface area contributed by atoms with E-state index >= 15 is 0 Å². The van der Waals surface area contributed by atoms with Crippen molar-refractivity contribution in [3.05, 3.63) is 54.5 Å². The van der Waals surface area contributed by atoms with Crippen LogP contribution in [0.5, 0.6) is 0 Å². The maximum Gasteiger partial charge on any atom is 0.241 e. The summed E-state index contributed by atoms with van der Waals surface area (Å²) in [7, 11) is -3.97. The molecule has 1 aromatic carbocycles. The molecular weight excluding hydrogens is 442 g/mol. The van der Waals surface area contributed by atoms with Crippen LogP contribution in [-0.2, 0) is 21.4 Å². The summed E-state index contributed by atoms with van der Waals surface area (Å²) in [6, 6.07) is 11.2. The van der Waals surface area contributed by atoms with Gasteiger partial charge in [0.1, 0.15) is 17.8 Å². The number of benzene rings is 1. The van der Waals surface area contributed by atoms with Crippen LogP contribution in [0.3, 0.4) is 0 Å². The molecule has 3 heterocycles. The molecule has 33 heavy (non-hydrogen) atoms. The molecule has 3 N–H and O–H groups in total. The number of nitriles is 1. The second kappa shape index (κ2) is 9.79. The van der Waals surface area contributed by atoms with Gasteiger partial charge in [0.2, 0.25) is 15.9 Å². The van der Waals surface area contributed by atoms with Gasteiger partial charge in [0.15, 0.2) is 0 Å². The average molecular weight is 470 g/mol. The van der Waals surface area contributed by atoms with Crippen LogP contribution in [0.15, 0.2) is 53.7 Å². The number of hydrogen-bond donors (Lipinski definition) is 3. The van der Waals surface area contributed by atoms with Crippen molar-refractivity contribution in [3.8, 4) is 6.07 Å². The smallest absolute Gasteiger partial charge is 0.241 e. The number of sulfonamides is 1. The Morgan fingerprint density at radius 2 is 2.06 bits per heavy atom. The number of aryl methyl sites for hydroxylation is 1. The molecule has 1 aliphatic rings. The zero-order valence-corrected chi connectivity index (χ0v) is 19.0. The Balaban J connectivity index is 1.55. The summed E-state index contributed by atoms with van der Waals surface area (Å²) >= 11 is 0. The lowest BCUT2D eigenvalue weighted by Gasteiger charge is -2.33. The van der Waals surface area contributed by atoms with Gasteiger partial charge in [0.25, 0.3) is 0 Å². The standard InChI is InChI=1S/C23H27N5O4S/c24-15-19-2-1-10-27(19)13-8-21(23(30)28-11-6-17(16-29)7-12-28)26-33(31,32)20-4-3-18-5-9-25-22(18)14-20/h1-5,9-10,14,17,21,25-26,29H,6-8,11-13,16H2. The van der Waals surface area contributed by atoms with Crippen LogP contribution in [0.2, 0.25) is 0 Å². The number of rotatable bonds is 8. The maximum atomic E-state index is 13.3. The van der Waals surface area contributed by atoms with E-state index in [1.165, 1.54) is 6.07 Å². The first-order valence-electron chi connectivity index (χ1n) is 11.0. The van der Waals surface area contributed by atoms with Gasteiger partial charge in [-0.05, 0) is 60.9 Å². The third-order valence-electron chi connectivity index (χ3n) is 6.22. The van der Waals surface area contributed by atoms with E-state index in [0.717, 1.165) is 5.39 Å². The molecule has 0 aliphatic carbocycles. The third kappa shape index (κ3) is 5.11. The van der Waals surface area contributed by atoms with Crippen LogP contribution in [-0.4, -0.2) is 59.6 Å². The summed E-state index contributed by atoms with van der Waals surface area (Å²) in [4.78, 5) is 18.1. The minimum Gasteiger partial charge on any atom is -0.396 e. The molecule has 0 saturated carbocycles. The highest BCUT2D eigenvalue weighted by Crippen LogP contribution is 2.21. The lowest BCUT2D eigenvalue weighted by molar-refractivity contribution is -0.134. The number of aliphatic hydroxyl groups excluding tert-OH is 1. The molecule has 1 aliphatic heterocycles. The summed E-state index contributed by atoms with van der Waals surface area (Å²) < 4.78 is 30.7. The average Bonchev–Trinajstić information content (AvgIpc) is 3.49. The fourth-order valence-corrected chi connectivity index (χ4v) is 5.47. The van der Waals surface area contributed by atoms with Crippen LogP contribution < -0.4 is 4.72 Å². The number of nitrogens with zero attached hydrogens (tertiary/aromatic N) is 3. The molecule has 10 heteroatoms. The molecule has 1 atom stereocenters. The van der Waals surface area contributed by atoms with E-state index in [1.54, 1.807) is 46.1 Å². The van der Waals surface area contributed by atoms with Gasteiger partial charge in [-0.1, -0.05) is 6.07 Å². The number of carbonyl (C=O) groups excluding carboxylic acids is 1. The Hall–Kier alpha value is -3.13. The van der Waals surface area contributed by atoms with Gasteiger partial charge in [-0.15, -0.1) is 0 Å². The zero-order chi connectivity index (χ0) is 23.4. The number of amides is 1. The van der Waals surface area contributed by atoms with Crippen LogP contribution >= 0.6 is 0 Å². The highest BCUT2D eigenvalue weighted by molar-refractivity contribution is 7.89. The van der Waals surface area contributed by atoms with Crippen LogP contribution in [0, 0.1) is 17.2 Å². The van der Waals surface area contributed by atoms with Crippen LogP contribution in [0.4, 0.5) is 0 Å². The van der Waals surface area contributed by atoms with E-state index in [2.05, 4.69) is 15.8 Å². The SMILES string of the molecule is N#Cc1cccn1CCC(NS(=O)(=O)c1ccc2cc[nH]c2c1)C(=O)N1CCC(CO)CC1. The van der Waals surface area contributed by atoms with Gasteiger partial charge >= 0.3 is 0 Å². The number of aromatic amines is 1. The Bertz CT molecular complexity index is 1270. The molecule has 174 valence electrons. The van der Waals surface area contributed by atoms with Crippen molar-refractivity contribution >= 4 is 26.8 Å². The topological polar surface area (TPSA) is 131 Å². The minimum absolute atomic E-state index is 0.0768. The number of fused-ring (bicyclic) bond motifs is 1. The van der Waals surface area contributed by atoms with Gasteiger partial charge in [0.05, 0.1) is 4.90 Å². The second-order valence-electron chi connectivity index (χ2n) is 8.34. The van der Waals surface area contributed by atoms with E-state index in [-0.39, 0.29) is 29.7 Å².